The smallest absolute Gasteiger partial charge is 0.251 e. The Labute approximate surface area is 148 Å². The number of rotatable bonds is 6. The second kappa shape index (κ2) is 7.53. The molecule has 0 unspecified atom stereocenters. The van der Waals surface area contributed by atoms with Crippen LogP contribution < -0.4 is 5.56 Å². The van der Waals surface area contributed by atoms with Crippen LogP contribution in [-0.4, -0.2) is 16.9 Å². The molecule has 0 bridgehead atoms. The van der Waals surface area contributed by atoms with Gasteiger partial charge in [0.1, 0.15) is 11.5 Å². The minimum absolute atomic E-state index is 0.0156. The lowest BCUT2D eigenvalue weighted by molar-refractivity contribution is 0.289. The third kappa shape index (κ3) is 4.09. The van der Waals surface area contributed by atoms with E-state index in [1.165, 1.54) is 5.56 Å². The molecule has 0 aliphatic carbocycles. The number of H-pyrrole nitrogens is 1. The quantitative estimate of drug-likeness (QED) is 0.736. The SMILES string of the molecule is CCc1cc(-c2ccc(CN(C)Cc3ccccc3)o2)c(C)[nH]c1=O. The number of nitrogens with one attached hydrogen (secondary N) is 1. The fraction of sp³-hybridized carbons (Fsp3) is 0.286. The summed E-state index contributed by atoms with van der Waals surface area (Å²) in [4.78, 5) is 17.0. The van der Waals surface area contributed by atoms with Gasteiger partial charge in [0, 0.05) is 23.4 Å². The summed E-state index contributed by atoms with van der Waals surface area (Å²) in [5.41, 5.74) is 3.83. The highest BCUT2D eigenvalue weighted by Gasteiger charge is 2.12. The number of nitrogens with zero attached hydrogens (tertiary/aromatic N) is 1. The van der Waals surface area contributed by atoms with Crippen LogP contribution in [0.15, 0.2) is 57.7 Å². The molecular formula is C21H24N2O2. The van der Waals surface area contributed by atoms with E-state index < -0.39 is 0 Å². The first-order chi connectivity index (χ1) is 12.1. The van der Waals surface area contributed by atoms with Crippen molar-refractivity contribution in [1.82, 2.24) is 9.88 Å². The van der Waals surface area contributed by atoms with Crippen molar-refractivity contribution in [3.63, 3.8) is 0 Å². The van der Waals surface area contributed by atoms with Gasteiger partial charge in [-0.25, -0.2) is 0 Å². The highest BCUT2D eigenvalue weighted by atomic mass is 16.3. The van der Waals surface area contributed by atoms with Crippen LogP contribution >= 0.6 is 0 Å². The van der Waals surface area contributed by atoms with Crippen LogP contribution in [0, 0.1) is 6.92 Å². The Morgan fingerprint density at radius 3 is 2.56 bits per heavy atom. The summed E-state index contributed by atoms with van der Waals surface area (Å²) in [7, 11) is 2.08. The van der Waals surface area contributed by atoms with Crippen LogP contribution in [0.4, 0.5) is 0 Å². The maximum Gasteiger partial charge on any atom is 0.251 e. The summed E-state index contributed by atoms with van der Waals surface area (Å²) in [6.07, 6.45) is 0.704. The minimum atomic E-state index is -0.0156. The third-order valence-corrected chi connectivity index (χ3v) is 4.34. The molecule has 0 spiro atoms. The summed E-state index contributed by atoms with van der Waals surface area (Å²) >= 11 is 0. The van der Waals surface area contributed by atoms with E-state index in [9.17, 15) is 4.79 Å². The number of benzene rings is 1. The third-order valence-electron chi connectivity index (χ3n) is 4.34. The highest BCUT2D eigenvalue weighted by Crippen LogP contribution is 2.25. The van der Waals surface area contributed by atoms with Crippen LogP contribution in [0.5, 0.6) is 0 Å². The van der Waals surface area contributed by atoms with Gasteiger partial charge in [0.2, 0.25) is 0 Å². The van der Waals surface area contributed by atoms with E-state index in [0.717, 1.165) is 41.4 Å². The molecule has 0 saturated carbocycles. The number of aromatic amines is 1. The predicted octanol–water partition coefficient (Wildman–Crippen LogP) is 4.14. The first kappa shape index (κ1) is 17.2. The van der Waals surface area contributed by atoms with E-state index in [1.807, 2.05) is 38.1 Å². The zero-order valence-electron chi connectivity index (χ0n) is 15.0. The molecule has 0 aliphatic rings. The Morgan fingerprint density at radius 2 is 1.84 bits per heavy atom. The summed E-state index contributed by atoms with van der Waals surface area (Å²) in [6, 6.07) is 16.3. The molecule has 4 nitrogen and oxygen atoms in total. The Hall–Kier alpha value is -2.59. The first-order valence-electron chi connectivity index (χ1n) is 8.61. The van der Waals surface area contributed by atoms with E-state index in [-0.39, 0.29) is 5.56 Å². The van der Waals surface area contributed by atoms with Gasteiger partial charge in [0.25, 0.3) is 5.56 Å². The number of furan rings is 1. The molecule has 0 atom stereocenters. The lowest BCUT2D eigenvalue weighted by Gasteiger charge is -2.15. The lowest BCUT2D eigenvalue weighted by atomic mass is 10.1. The van der Waals surface area contributed by atoms with Crippen LogP contribution in [-0.2, 0) is 19.5 Å². The molecule has 25 heavy (non-hydrogen) atoms. The van der Waals surface area contributed by atoms with Crippen LogP contribution in [0.25, 0.3) is 11.3 Å². The van der Waals surface area contributed by atoms with Crippen molar-refractivity contribution in [2.75, 3.05) is 7.05 Å². The Kier molecular flexibility index (Phi) is 5.19. The highest BCUT2D eigenvalue weighted by molar-refractivity contribution is 5.61. The molecule has 0 aliphatic heterocycles. The van der Waals surface area contributed by atoms with Gasteiger partial charge in [-0.3, -0.25) is 9.69 Å². The summed E-state index contributed by atoms with van der Waals surface area (Å²) < 4.78 is 6.03. The number of aryl methyl sites for hydroxylation is 2. The van der Waals surface area contributed by atoms with Gasteiger partial charge < -0.3 is 9.40 Å². The number of hydrogen-bond acceptors (Lipinski definition) is 3. The maximum absolute atomic E-state index is 11.9. The second-order valence-electron chi connectivity index (χ2n) is 6.44. The van der Waals surface area contributed by atoms with E-state index >= 15 is 0 Å². The minimum Gasteiger partial charge on any atom is -0.460 e. The van der Waals surface area contributed by atoms with Crippen molar-refractivity contribution < 1.29 is 4.42 Å². The van der Waals surface area contributed by atoms with Gasteiger partial charge in [-0.05, 0) is 44.2 Å². The van der Waals surface area contributed by atoms with Gasteiger partial charge in [-0.15, -0.1) is 0 Å². The van der Waals surface area contributed by atoms with Crippen molar-refractivity contribution in [2.45, 2.75) is 33.4 Å². The van der Waals surface area contributed by atoms with Gasteiger partial charge in [-0.2, -0.15) is 0 Å². The molecule has 2 aromatic heterocycles. The fourth-order valence-corrected chi connectivity index (χ4v) is 3.01. The normalized spacial score (nSPS) is 11.2. The number of pyridine rings is 1. The Balaban J connectivity index is 1.75. The molecule has 3 rings (SSSR count). The standard InChI is InChI=1S/C21H24N2O2/c1-4-17-12-19(15(2)22-21(17)24)20-11-10-18(25-20)14-23(3)13-16-8-6-5-7-9-16/h5-12H,4,13-14H2,1-3H3,(H,22,24). The summed E-state index contributed by atoms with van der Waals surface area (Å²) in [5, 5.41) is 0. The number of aromatic nitrogens is 1. The van der Waals surface area contributed by atoms with Gasteiger partial charge in [0.05, 0.1) is 6.54 Å². The Bertz CT molecular complexity index is 894. The van der Waals surface area contributed by atoms with E-state index in [1.54, 1.807) is 0 Å². The zero-order chi connectivity index (χ0) is 17.8. The topological polar surface area (TPSA) is 49.2 Å². The van der Waals surface area contributed by atoms with Crippen LogP contribution in [0.2, 0.25) is 0 Å². The Morgan fingerprint density at radius 1 is 1.08 bits per heavy atom. The van der Waals surface area contributed by atoms with Crippen molar-refractivity contribution in [2.24, 2.45) is 0 Å². The van der Waals surface area contributed by atoms with Crippen LogP contribution in [0.3, 0.4) is 0 Å². The lowest BCUT2D eigenvalue weighted by Crippen LogP contribution is -2.16. The van der Waals surface area contributed by atoms with Crippen molar-refractivity contribution in [3.05, 3.63) is 81.5 Å². The molecule has 1 N–H and O–H groups in total. The van der Waals surface area contributed by atoms with E-state index in [2.05, 4.69) is 41.2 Å². The summed E-state index contributed by atoms with van der Waals surface area (Å²) in [5.74, 6) is 1.71. The predicted molar refractivity (Wildman–Crippen MR) is 100 cm³/mol. The molecule has 4 heteroatoms. The van der Waals surface area contributed by atoms with Crippen molar-refractivity contribution in [3.8, 4) is 11.3 Å². The van der Waals surface area contributed by atoms with Crippen molar-refractivity contribution >= 4 is 0 Å². The van der Waals surface area contributed by atoms with E-state index in [0.29, 0.717) is 6.42 Å². The molecule has 130 valence electrons. The van der Waals surface area contributed by atoms with Crippen molar-refractivity contribution in [1.29, 1.82) is 0 Å². The molecule has 2 heterocycles. The summed E-state index contributed by atoms with van der Waals surface area (Å²) in [6.45, 7) is 5.49. The average molecular weight is 336 g/mol. The zero-order valence-corrected chi connectivity index (χ0v) is 15.0. The molecular weight excluding hydrogens is 312 g/mol. The fourth-order valence-electron chi connectivity index (χ4n) is 3.01. The first-order valence-corrected chi connectivity index (χ1v) is 8.61. The monoisotopic (exact) mass is 336 g/mol. The largest absolute Gasteiger partial charge is 0.460 e. The second-order valence-corrected chi connectivity index (χ2v) is 6.44. The molecule has 0 saturated heterocycles. The van der Waals surface area contributed by atoms with Crippen LogP contribution in [0.1, 0.15) is 29.5 Å². The van der Waals surface area contributed by atoms with E-state index in [4.69, 9.17) is 4.42 Å². The number of hydrogen-bond donors (Lipinski definition) is 1. The molecule has 0 radical (unpaired) electrons. The molecule has 0 fully saturated rings. The molecule has 3 aromatic rings. The van der Waals surface area contributed by atoms with Gasteiger partial charge in [-0.1, -0.05) is 37.3 Å². The average Bonchev–Trinajstić information content (AvgIpc) is 3.04. The maximum atomic E-state index is 11.9. The molecule has 0 amide bonds. The van der Waals surface area contributed by atoms with Gasteiger partial charge in [0.15, 0.2) is 0 Å². The van der Waals surface area contributed by atoms with Gasteiger partial charge >= 0.3 is 0 Å². The molecule has 1 aromatic carbocycles.